The summed E-state index contributed by atoms with van der Waals surface area (Å²) in [6.45, 7) is 4.82. The molecule has 1 amide bonds. The Labute approximate surface area is 236 Å². The Bertz CT molecular complexity index is 1440. The van der Waals surface area contributed by atoms with Crippen LogP contribution in [0, 0.1) is 5.82 Å². The van der Waals surface area contributed by atoms with Gasteiger partial charge in [0.25, 0.3) is 0 Å². The zero-order chi connectivity index (χ0) is 27.3. The van der Waals surface area contributed by atoms with Gasteiger partial charge in [-0.3, -0.25) is 9.69 Å². The van der Waals surface area contributed by atoms with E-state index in [1.54, 1.807) is 12.1 Å². The summed E-state index contributed by atoms with van der Waals surface area (Å²) in [5.41, 5.74) is 3.21. The highest BCUT2D eigenvalue weighted by atomic mass is 32.1. The predicted molar refractivity (Wildman–Crippen MR) is 151 cm³/mol. The molecule has 1 fully saturated rings. The lowest BCUT2D eigenvalue weighted by atomic mass is 10.1. The largest absolute Gasteiger partial charge is 0.454 e. The summed E-state index contributed by atoms with van der Waals surface area (Å²) in [5, 5.41) is 0.704. The number of hydrogen-bond acceptors (Lipinski definition) is 8. The SMILES string of the molecule is O=C(CN(Cc1ccccc1)c1nc(Cc2ccc(F)cc2)ns1)N1CCN(Cc2ccc3c(c2)OCO3)CC1. The molecular formula is C30H30FN5O3S. The van der Waals surface area contributed by atoms with E-state index in [2.05, 4.69) is 15.3 Å². The fraction of sp³-hybridized carbons (Fsp3) is 0.300. The molecule has 2 aliphatic heterocycles. The third-order valence-electron chi connectivity index (χ3n) is 7.11. The molecule has 8 nitrogen and oxygen atoms in total. The first-order chi connectivity index (χ1) is 19.6. The van der Waals surface area contributed by atoms with Gasteiger partial charge in [0, 0.05) is 57.2 Å². The van der Waals surface area contributed by atoms with Crippen molar-refractivity contribution in [2.45, 2.75) is 19.5 Å². The molecule has 206 valence electrons. The fourth-order valence-corrected chi connectivity index (χ4v) is 5.62. The minimum Gasteiger partial charge on any atom is -0.454 e. The number of carbonyl (C=O) groups is 1. The number of ether oxygens (including phenoxy) is 2. The van der Waals surface area contributed by atoms with E-state index < -0.39 is 0 Å². The molecule has 0 unspecified atom stereocenters. The molecule has 1 aromatic heterocycles. The molecule has 0 saturated carbocycles. The Morgan fingerprint density at radius 3 is 2.45 bits per heavy atom. The van der Waals surface area contributed by atoms with Crippen molar-refractivity contribution in [1.29, 1.82) is 0 Å². The van der Waals surface area contributed by atoms with E-state index in [1.807, 2.05) is 52.3 Å². The van der Waals surface area contributed by atoms with Crippen molar-refractivity contribution in [1.82, 2.24) is 19.2 Å². The average Bonchev–Trinajstić information content (AvgIpc) is 3.64. The number of anilines is 1. The van der Waals surface area contributed by atoms with Gasteiger partial charge in [0.05, 0.1) is 6.54 Å². The number of rotatable bonds is 9. The van der Waals surface area contributed by atoms with Gasteiger partial charge in [-0.25, -0.2) is 9.37 Å². The maximum Gasteiger partial charge on any atom is 0.242 e. The Kier molecular flexibility index (Phi) is 7.87. The molecule has 10 heteroatoms. The van der Waals surface area contributed by atoms with E-state index in [1.165, 1.54) is 29.2 Å². The van der Waals surface area contributed by atoms with Crippen LogP contribution in [-0.2, 0) is 24.3 Å². The third kappa shape index (κ3) is 6.40. The lowest BCUT2D eigenvalue weighted by molar-refractivity contribution is -0.131. The first-order valence-electron chi connectivity index (χ1n) is 13.3. The van der Waals surface area contributed by atoms with Crippen LogP contribution in [0.1, 0.15) is 22.5 Å². The summed E-state index contributed by atoms with van der Waals surface area (Å²) in [7, 11) is 0. The molecule has 3 heterocycles. The number of aromatic nitrogens is 2. The number of halogens is 1. The third-order valence-corrected chi connectivity index (χ3v) is 7.93. The van der Waals surface area contributed by atoms with Crippen LogP contribution in [0.25, 0.3) is 0 Å². The van der Waals surface area contributed by atoms with Crippen LogP contribution < -0.4 is 14.4 Å². The first-order valence-corrected chi connectivity index (χ1v) is 14.1. The Hall–Kier alpha value is -4.02. The molecule has 2 aliphatic rings. The number of carbonyl (C=O) groups excluding carboxylic acids is 1. The van der Waals surface area contributed by atoms with Crippen LogP contribution in [0.5, 0.6) is 11.5 Å². The second-order valence-electron chi connectivity index (χ2n) is 9.98. The van der Waals surface area contributed by atoms with E-state index in [9.17, 15) is 9.18 Å². The molecule has 40 heavy (non-hydrogen) atoms. The Morgan fingerprint density at radius 1 is 0.900 bits per heavy atom. The zero-order valence-electron chi connectivity index (χ0n) is 22.0. The number of hydrogen-bond donors (Lipinski definition) is 0. The molecular weight excluding hydrogens is 529 g/mol. The highest BCUT2D eigenvalue weighted by Crippen LogP contribution is 2.33. The van der Waals surface area contributed by atoms with E-state index in [0.717, 1.165) is 42.3 Å². The molecule has 0 bridgehead atoms. The van der Waals surface area contributed by atoms with Crippen LogP contribution >= 0.6 is 11.5 Å². The minimum absolute atomic E-state index is 0.0777. The lowest BCUT2D eigenvalue weighted by Gasteiger charge is -2.35. The van der Waals surface area contributed by atoms with Gasteiger partial charge < -0.3 is 19.3 Å². The van der Waals surface area contributed by atoms with Crippen molar-refractivity contribution in [3.63, 3.8) is 0 Å². The number of fused-ring (bicyclic) bond motifs is 1. The van der Waals surface area contributed by atoms with Gasteiger partial charge in [0.15, 0.2) is 11.5 Å². The van der Waals surface area contributed by atoms with Crippen molar-refractivity contribution in [3.8, 4) is 11.5 Å². The van der Waals surface area contributed by atoms with Gasteiger partial charge >= 0.3 is 0 Å². The molecule has 4 aromatic rings. The maximum atomic E-state index is 13.5. The monoisotopic (exact) mass is 559 g/mol. The summed E-state index contributed by atoms with van der Waals surface area (Å²) in [4.78, 5) is 24.5. The number of piperazine rings is 1. The van der Waals surface area contributed by atoms with E-state index in [-0.39, 0.29) is 25.1 Å². The molecule has 0 aliphatic carbocycles. The van der Waals surface area contributed by atoms with Crippen LogP contribution in [0.15, 0.2) is 72.8 Å². The van der Waals surface area contributed by atoms with Gasteiger partial charge in [0.1, 0.15) is 11.6 Å². The van der Waals surface area contributed by atoms with Crippen molar-refractivity contribution < 1.29 is 18.7 Å². The van der Waals surface area contributed by atoms with Gasteiger partial charge in [-0.05, 0) is 41.0 Å². The van der Waals surface area contributed by atoms with E-state index in [4.69, 9.17) is 14.5 Å². The zero-order valence-corrected chi connectivity index (χ0v) is 22.9. The minimum atomic E-state index is -0.267. The number of nitrogens with zero attached hydrogens (tertiary/aromatic N) is 5. The molecule has 0 atom stereocenters. The van der Waals surface area contributed by atoms with Crippen molar-refractivity contribution in [2.24, 2.45) is 0 Å². The summed E-state index contributed by atoms with van der Waals surface area (Å²) < 4.78 is 28.8. The fourth-order valence-electron chi connectivity index (χ4n) is 4.94. The Balaban J connectivity index is 1.08. The normalized spacial score (nSPS) is 14.9. The lowest BCUT2D eigenvalue weighted by Crippen LogP contribution is -2.50. The quantitative estimate of drug-likeness (QED) is 0.302. The molecule has 0 N–H and O–H groups in total. The molecule has 1 saturated heterocycles. The van der Waals surface area contributed by atoms with Crippen LogP contribution in [0.2, 0.25) is 0 Å². The Morgan fingerprint density at radius 2 is 1.65 bits per heavy atom. The maximum absolute atomic E-state index is 13.5. The summed E-state index contributed by atoms with van der Waals surface area (Å²) in [6.07, 6.45) is 0.509. The second kappa shape index (κ2) is 12.0. The molecule has 0 radical (unpaired) electrons. The van der Waals surface area contributed by atoms with Crippen molar-refractivity contribution >= 4 is 22.6 Å². The number of benzene rings is 3. The van der Waals surface area contributed by atoms with Crippen LogP contribution in [-0.4, -0.2) is 64.6 Å². The topological polar surface area (TPSA) is 71.0 Å². The second-order valence-corrected chi connectivity index (χ2v) is 10.7. The van der Waals surface area contributed by atoms with Gasteiger partial charge in [-0.1, -0.05) is 48.5 Å². The smallest absolute Gasteiger partial charge is 0.242 e. The average molecular weight is 560 g/mol. The summed E-state index contributed by atoms with van der Waals surface area (Å²) in [6, 6.07) is 22.5. The standard InChI is InChI=1S/C30H30FN5O3S/c31-25-9-6-22(7-10-25)17-28-32-30(40-33-28)36(19-23-4-2-1-3-5-23)20-29(37)35-14-12-34(13-15-35)18-24-8-11-26-27(16-24)39-21-38-26/h1-11,16H,12-15,17-21H2. The number of amides is 1. The van der Waals surface area contributed by atoms with Crippen molar-refractivity contribution in [2.75, 3.05) is 44.4 Å². The van der Waals surface area contributed by atoms with E-state index in [0.29, 0.717) is 37.0 Å². The van der Waals surface area contributed by atoms with E-state index >= 15 is 0 Å². The van der Waals surface area contributed by atoms with Gasteiger partial charge in [-0.15, -0.1) is 0 Å². The molecule has 6 rings (SSSR count). The van der Waals surface area contributed by atoms with Gasteiger partial charge in [-0.2, -0.15) is 4.37 Å². The highest BCUT2D eigenvalue weighted by molar-refractivity contribution is 7.09. The summed E-state index contributed by atoms with van der Waals surface area (Å²) >= 11 is 1.29. The highest BCUT2D eigenvalue weighted by Gasteiger charge is 2.25. The van der Waals surface area contributed by atoms with Crippen molar-refractivity contribution in [3.05, 3.63) is 101 Å². The summed E-state index contributed by atoms with van der Waals surface area (Å²) in [5.74, 6) is 2.06. The van der Waals surface area contributed by atoms with Crippen LogP contribution in [0.4, 0.5) is 9.52 Å². The predicted octanol–water partition coefficient (Wildman–Crippen LogP) is 4.35. The molecule has 0 spiro atoms. The first kappa shape index (κ1) is 26.2. The van der Waals surface area contributed by atoms with Crippen LogP contribution in [0.3, 0.4) is 0 Å². The van der Waals surface area contributed by atoms with Gasteiger partial charge in [0.2, 0.25) is 17.8 Å². The molecule has 3 aromatic carbocycles.